The number of nitrogens with one attached hydrogen (secondary N) is 1. The Balaban J connectivity index is 2.05. The van der Waals surface area contributed by atoms with Gasteiger partial charge in [-0.15, -0.1) is 0 Å². The van der Waals surface area contributed by atoms with Gasteiger partial charge in [0.25, 0.3) is 0 Å². The largest absolute Gasteiger partial charge is 0.508 e. The van der Waals surface area contributed by atoms with Gasteiger partial charge >= 0.3 is 0 Å². The minimum atomic E-state index is -0.149. The molecule has 0 bridgehead atoms. The zero-order valence-electron chi connectivity index (χ0n) is 12.7. The number of halogens is 1. The molecule has 2 aromatic rings. The summed E-state index contributed by atoms with van der Waals surface area (Å²) < 4.78 is 0. The average Bonchev–Trinajstić information content (AvgIpc) is 2.55. The zero-order valence-corrected chi connectivity index (χ0v) is 13.5. The van der Waals surface area contributed by atoms with Gasteiger partial charge in [0.1, 0.15) is 5.75 Å². The van der Waals surface area contributed by atoms with Gasteiger partial charge in [0, 0.05) is 11.6 Å². The molecular formula is C18H20ClNO3. The van der Waals surface area contributed by atoms with E-state index in [9.17, 15) is 9.90 Å². The lowest BCUT2D eigenvalue weighted by molar-refractivity contribution is -0.121. The van der Waals surface area contributed by atoms with Crippen molar-refractivity contribution >= 4 is 17.5 Å². The lowest BCUT2D eigenvalue weighted by Gasteiger charge is -2.19. The van der Waals surface area contributed by atoms with Crippen LogP contribution >= 0.6 is 11.6 Å². The quantitative estimate of drug-likeness (QED) is 0.728. The number of aliphatic hydroxyl groups excluding tert-OH is 1. The maximum atomic E-state index is 12.3. The number of aromatic hydroxyl groups is 1. The highest BCUT2D eigenvalue weighted by Gasteiger charge is 2.15. The number of carbonyl (C=O) groups is 1. The second-order valence-electron chi connectivity index (χ2n) is 5.35. The summed E-state index contributed by atoms with van der Waals surface area (Å²) in [5.74, 6) is -0.0753. The molecule has 2 aromatic carbocycles. The molecule has 0 radical (unpaired) electrons. The van der Waals surface area contributed by atoms with Crippen molar-refractivity contribution in [2.75, 3.05) is 6.61 Å². The fraction of sp³-hybridized carbons (Fsp3) is 0.278. The first-order chi connectivity index (χ1) is 11.1. The maximum Gasteiger partial charge on any atom is 0.224 e. The molecule has 1 atom stereocenters. The van der Waals surface area contributed by atoms with E-state index in [1.165, 1.54) is 12.1 Å². The Bertz CT molecular complexity index is 646. The van der Waals surface area contributed by atoms with Gasteiger partial charge in [-0.2, -0.15) is 0 Å². The van der Waals surface area contributed by atoms with E-state index in [1.54, 1.807) is 6.07 Å². The molecule has 0 heterocycles. The molecule has 0 aliphatic heterocycles. The monoisotopic (exact) mass is 333 g/mol. The smallest absolute Gasteiger partial charge is 0.224 e. The van der Waals surface area contributed by atoms with E-state index >= 15 is 0 Å². The molecule has 122 valence electrons. The summed E-state index contributed by atoms with van der Waals surface area (Å²) in [4.78, 5) is 12.3. The Labute approximate surface area is 140 Å². The van der Waals surface area contributed by atoms with Gasteiger partial charge in [-0.25, -0.2) is 0 Å². The second kappa shape index (κ2) is 8.56. The first-order valence-corrected chi connectivity index (χ1v) is 7.90. The molecule has 1 unspecified atom stereocenters. The molecule has 23 heavy (non-hydrogen) atoms. The Morgan fingerprint density at radius 3 is 2.57 bits per heavy atom. The minimum Gasteiger partial charge on any atom is -0.508 e. The second-order valence-corrected chi connectivity index (χ2v) is 5.76. The lowest BCUT2D eigenvalue weighted by Crippen LogP contribution is -2.30. The molecule has 1 amide bonds. The van der Waals surface area contributed by atoms with Crippen LogP contribution in [0.15, 0.2) is 48.5 Å². The Morgan fingerprint density at radius 1 is 1.17 bits per heavy atom. The highest BCUT2D eigenvalue weighted by Crippen LogP contribution is 2.23. The molecular weight excluding hydrogens is 314 g/mol. The molecule has 0 fully saturated rings. The Kier molecular flexibility index (Phi) is 6.44. The minimum absolute atomic E-state index is 0.0734. The van der Waals surface area contributed by atoms with Crippen LogP contribution in [0.1, 0.15) is 30.0 Å². The average molecular weight is 334 g/mol. The van der Waals surface area contributed by atoms with E-state index in [2.05, 4.69) is 5.32 Å². The predicted molar refractivity (Wildman–Crippen MR) is 90.5 cm³/mol. The van der Waals surface area contributed by atoms with E-state index in [-0.39, 0.29) is 30.7 Å². The summed E-state index contributed by atoms with van der Waals surface area (Å²) in [7, 11) is 0. The normalized spacial score (nSPS) is 11.9. The van der Waals surface area contributed by atoms with Crippen LogP contribution in [0.25, 0.3) is 0 Å². The van der Waals surface area contributed by atoms with E-state index in [1.807, 2.05) is 30.3 Å². The summed E-state index contributed by atoms with van der Waals surface area (Å²) in [6.45, 7) is 0.0863. The summed E-state index contributed by atoms with van der Waals surface area (Å²) in [5, 5.41) is 21.7. The van der Waals surface area contributed by atoms with Crippen molar-refractivity contribution < 1.29 is 15.0 Å². The zero-order chi connectivity index (χ0) is 16.7. The number of phenols is 1. The highest BCUT2D eigenvalue weighted by molar-refractivity contribution is 6.31. The molecule has 0 spiro atoms. The van der Waals surface area contributed by atoms with Crippen molar-refractivity contribution in [1.82, 2.24) is 5.32 Å². The van der Waals surface area contributed by atoms with Crippen molar-refractivity contribution in [3.63, 3.8) is 0 Å². The van der Waals surface area contributed by atoms with Crippen molar-refractivity contribution in [2.45, 2.75) is 25.3 Å². The van der Waals surface area contributed by atoms with Crippen LogP contribution < -0.4 is 5.32 Å². The van der Waals surface area contributed by atoms with E-state index < -0.39 is 0 Å². The Hall–Kier alpha value is -2.04. The van der Waals surface area contributed by atoms with Crippen molar-refractivity contribution in [3.05, 3.63) is 64.7 Å². The topological polar surface area (TPSA) is 69.6 Å². The summed E-state index contributed by atoms with van der Waals surface area (Å²) in [6, 6.07) is 14.1. The van der Waals surface area contributed by atoms with Crippen LogP contribution in [0, 0.1) is 0 Å². The maximum absolute atomic E-state index is 12.3. The summed E-state index contributed by atoms with van der Waals surface area (Å²) in [6.07, 6.45) is 1.41. The number of rotatable bonds is 7. The fourth-order valence-corrected chi connectivity index (χ4v) is 2.64. The van der Waals surface area contributed by atoms with Crippen molar-refractivity contribution in [1.29, 1.82) is 0 Å². The third-order valence-corrected chi connectivity index (χ3v) is 3.93. The van der Waals surface area contributed by atoms with Crippen LogP contribution in [0.5, 0.6) is 5.75 Å². The number of carbonyl (C=O) groups excluding carboxylic acids is 1. The third kappa shape index (κ3) is 5.27. The van der Waals surface area contributed by atoms with Gasteiger partial charge in [0.15, 0.2) is 0 Å². The lowest BCUT2D eigenvalue weighted by atomic mass is 10.0. The third-order valence-electron chi connectivity index (χ3n) is 3.58. The number of hydrogen-bond donors (Lipinski definition) is 3. The van der Waals surface area contributed by atoms with Crippen molar-refractivity contribution in [3.8, 4) is 5.75 Å². The number of benzene rings is 2. The predicted octanol–water partition coefficient (Wildman–Crippen LogP) is 3.22. The summed E-state index contributed by atoms with van der Waals surface area (Å²) >= 11 is 6.04. The van der Waals surface area contributed by atoms with Gasteiger partial charge in [0.2, 0.25) is 5.91 Å². The van der Waals surface area contributed by atoms with Crippen LogP contribution in [0.2, 0.25) is 5.02 Å². The Morgan fingerprint density at radius 2 is 1.91 bits per heavy atom. The van der Waals surface area contributed by atoms with Crippen LogP contribution in [-0.4, -0.2) is 22.7 Å². The molecule has 2 rings (SSSR count). The molecule has 0 aliphatic rings. The van der Waals surface area contributed by atoms with Gasteiger partial charge < -0.3 is 15.5 Å². The summed E-state index contributed by atoms with van der Waals surface area (Å²) in [5.41, 5.74) is 1.67. The van der Waals surface area contributed by atoms with Gasteiger partial charge in [-0.1, -0.05) is 48.0 Å². The molecule has 0 aromatic heterocycles. The number of hydrogen-bond acceptors (Lipinski definition) is 3. The molecule has 5 heteroatoms. The van der Waals surface area contributed by atoms with Gasteiger partial charge in [-0.3, -0.25) is 4.79 Å². The fourth-order valence-electron chi connectivity index (χ4n) is 2.40. The van der Waals surface area contributed by atoms with Crippen molar-refractivity contribution in [2.24, 2.45) is 0 Å². The van der Waals surface area contributed by atoms with Gasteiger partial charge in [0.05, 0.1) is 12.5 Å². The van der Waals surface area contributed by atoms with Gasteiger partial charge in [-0.05, 0) is 36.1 Å². The van der Waals surface area contributed by atoms with Crippen LogP contribution in [0.3, 0.4) is 0 Å². The van der Waals surface area contributed by atoms with E-state index in [0.29, 0.717) is 23.4 Å². The van der Waals surface area contributed by atoms with Crippen LogP contribution in [-0.2, 0) is 11.2 Å². The SMILES string of the molecule is O=C(Cc1ccc(O)cc1Cl)NC(CCCO)c1ccccc1. The molecule has 0 saturated carbocycles. The molecule has 0 saturated heterocycles. The van der Waals surface area contributed by atoms with E-state index in [4.69, 9.17) is 16.7 Å². The van der Waals surface area contributed by atoms with E-state index in [0.717, 1.165) is 5.56 Å². The highest BCUT2D eigenvalue weighted by atomic mass is 35.5. The number of amides is 1. The molecule has 3 N–H and O–H groups in total. The first kappa shape index (κ1) is 17.3. The van der Waals surface area contributed by atoms with Crippen LogP contribution in [0.4, 0.5) is 0 Å². The number of aliphatic hydroxyl groups is 1. The number of phenolic OH excluding ortho intramolecular Hbond substituents is 1. The molecule has 0 aliphatic carbocycles. The standard InChI is InChI=1S/C18H20ClNO3/c19-16-12-15(22)9-8-14(16)11-18(23)20-17(7-4-10-21)13-5-2-1-3-6-13/h1-3,5-6,8-9,12,17,21-22H,4,7,10-11H2,(H,20,23). The first-order valence-electron chi connectivity index (χ1n) is 7.52. The molecule has 4 nitrogen and oxygen atoms in total.